The first-order valence-electron chi connectivity index (χ1n) is 9.04. The zero-order chi connectivity index (χ0) is 19.5. The summed E-state index contributed by atoms with van der Waals surface area (Å²) in [5.74, 6) is 1.32. The fourth-order valence-corrected chi connectivity index (χ4v) is 3.14. The Morgan fingerprint density at radius 1 is 1.32 bits per heavy atom. The third-order valence-electron chi connectivity index (χ3n) is 4.55. The van der Waals surface area contributed by atoms with Gasteiger partial charge in [0.25, 0.3) is 5.91 Å². The predicted molar refractivity (Wildman–Crippen MR) is 104 cm³/mol. The number of hydrogen-bond donors (Lipinski definition) is 2. The molecule has 3 aromatic rings. The summed E-state index contributed by atoms with van der Waals surface area (Å²) in [7, 11) is 1.78. The van der Waals surface area contributed by atoms with E-state index in [4.69, 9.17) is 9.47 Å². The summed E-state index contributed by atoms with van der Waals surface area (Å²) in [6.07, 6.45) is 1.96. The highest BCUT2D eigenvalue weighted by Crippen LogP contribution is 2.38. The highest BCUT2D eigenvalue weighted by molar-refractivity contribution is 6.04. The van der Waals surface area contributed by atoms with Gasteiger partial charge in [0.2, 0.25) is 0 Å². The Hall–Kier alpha value is -3.32. The van der Waals surface area contributed by atoms with Crippen LogP contribution in [0.15, 0.2) is 54.7 Å². The summed E-state index contributed by atoms with van der Waals surface area (Å²) in [5, 5.41) is 16.4. The van der Waals surface area contributed by atoms with E-state index in [0.29, 0.717) is 35.9 Å². The quantitative estimate of drug-likeness (QED) is 0.688. The molecule has 1 unspecified atom stereocenters. The molecule has 2 N–H and O–H groups in total. The number of carbonyl (C=O) groups excluding carboxylic acids is 1. The molecule has 1 aliphatic heterocycles. The average Bonchev–Trinajstić information content (AvgIpc) is 3.32. The molecule has 1 aliphatic rings. The maximum atomic E-state index is 12.7. The maximum Gasteiger partial charge on any atom is 0.257 e. The molecule has 7 nitrogen and oxygen atoms in total. The zero-order valence-corrected chi connectivity index (χ0v) is 15.5. The lowest BCUT2D eigenvalue weighted by Crippen LogP contribution is -2.17. The largest absolute Gasteiger partial charge is 0.488 e. The summed E-state index contributed by atoms with van der Waals surface area (Å²) in [4.78, 5) is 12.7. The molecule has 1 atom stereocenters. The maximum absolute atomic E-state index is 12.7. The van der Waals surface area contributed by atoms with Crippen LogP contribution < -0.4 is 14.8 Å². The molecule has 7 heteroatoms. The Balaban J connectivity index is 1.59. The van der Waals surface area contributed by atoms with Crippen molar-refractivity contribution in [1.82, 2.24) is 9.78 Å². The summed E-state index contributed by atoms with van der Waals surface area (Å²) < 4.78 is 13.4. The fraction of sp³-hybridized carbons (Fsp3) is 0.238. The van der Waals surface area contributed by atoms with E-state index in [9.17, 15) is 9.90 Å². The molecule has 0 radical (unpaired) electrons. The van der Waals surface area contributed by atoms with Gasteiger partial charge in [-0.05, 0) is 17.7 Å². The minimum atomic E-state index is -0.330. The molecule has 0 saturated heterocycles. The van der Waals surface area contributed by atoms with Crippen molar-refractivity contribution in [3.63, 3.8) is 0 Å². The topological polar surface area (TPSA) is 85.6 Å². The van der Waals surface area contributed by atoms with E-state index >= 15 is 0 Å². The number of rotatable bonds is 6. The Morgan fingerprint density at radius 2 is 2.14 bits per heavy atom. The highest BCUT2D eigenvalue weighted by Gasteiger charge is 2.28. The van der Waals surface area contributed by atoms with Crippen LogP contribution in [-0.4, -0.2) is 33.5 Å². The molecule has 1 aromatic heterocycles. The third-order valence-corrected chi connectivity index (χ3v) is 4.55. The van der Waals surface area contributed by atoms with Gasteiger partial charge in [0, 0.05) is 36.9 Å². The minimum Gasteiger partial charge on any atom is -0.488 e. The van der Waals surface area contributed by atoms with Gasteiger partial charge < -0.3 is 19.9 Å². The number of fused-ring (bicyclic) bond motifs is 1. The molecule has 0 saturated carbocycles. The lowest BCUT2D eigenvalue weighted by Gasteiger charge is -2.12. The number of ether oxygens (including phenoxy) is 2. The van der Waals surface area contributed by atoms with Gasteiger partial charge >= 0.3 is 0 Å². The summed E-state index contributed by atoms with van der Waals surface area (Å²) in [5.41, 5.74) is 2.30. The smallest absolute Gasteiger partial charge is 0.257 e. The van der Waals surface area contributed by atoms with Gasteiger partial charge in [-0.2, -0.15) is 5.10 Å². The van der Waals surface area contributed by atoms with Crippen LogP contribution in [0.5, 0.6) is 11.5 Å². The normalized spacial score (nSPS) is 15.0. The number of aryl methyl sites for hydroxylation is 1. The third kappa shape index (κ3) is 3.84. The van der Waals surface area contributed by atoms with Crippen LogP contribution in [0.2, 0.25) is 0 Å². The Morgan fingerprint density at radius 3 is 2.86 bits per heavy atom. The number of nitrogens with zero attached hydrogens (tertiary/aromatic N) is 2. The van der Waals surface area contributed by atoms with Gasteiger partial charge in [0.05, 0.1) is 6.61 Å². The van der Waals surface area contributed by atoms with Crippen LogP contribution >= 0.6 is 0 Å². The van der Waals surface area contributed by atoms with Crippen molar-refractivity contribution < 1.29 is 19.4 Å². The molecule has 0 fully saturated rings. The number of aromatic nitrogens is 2. The molecule has 0 spiro atoms. The first-order valence-corrected chi connectivity index (χ1v) is 9.04. The molecule has 28 heavy (non-hydrogen) atoms. The number of hydrogen-bond acceptors (Lipinski definition) is 5. The van der Waals surface area contributed by atoms with Gasteiger partial charge in [0.15, 0.2) is 5.82 Å². The average molecular weight is 379 g/mol. The van der Waals surface area contributed by atoms with Crippen molar-refractivity contribution in [2.75, 3.05) is 11.9 Å². The molecular weight excluding hydrogens is 358 g/mol. The number of aliphatic hydroxyl groups is 1. The van der Waals surface area contributed by atoms with Crippen LogP contribution in [0.4, 0.5) is 5.82 Å². The molecule has 4 rings (SSSR count). The standard InChI is InChI=1S/C21H21N3O4/c1-24-8-7-20(23-24)22-21(26)15-9-18(27-13-14-5-3-2-4-6-14)17-11-16(12-25)28-19(17)10-15/h2-10,16,25H,11-13H2,1H3,(H,22,23,26). The van der Waals surface area contributed by atoms with E-state index in [2.05, 4.69) is 10.4 Å². The number of carbonyl (C=O) groups is 1. The number of amides is 1. The Kier molecular flexibility index (Phi) is 4.99. The number of benzene rings is 2. The first kappa shape index (κ1) is 18.1. The van der Waals surface area contributed by atoms with Crippen molar-refractivity contribution in [3.05, 3.63) is 71.4 Å². The SMILES string of the molecule is Cn1ccc(NC(=O)c2cc(OCc3ccccc3)c3c(c2)OC(CO)C3)n1. The zero-order valence-electron chi connectivity index (χ0n) is 15.5. The van der Waals surface area contributed by atoms with Crippen molar-refractivity contribution >= 4 is 11.7 Å². The van der Waals surface area contributed by atoms with Gasteiger partial charge in [-0.15, -0.1) is 0 Å². The van der Waals surface area contributed by atoms with Crippen LogP contribution in [0, 0.1) is 0 Å². The van der Waals surface area contributed by atoms with Crippen molar-refractivity contribution in [2.24, 2.45) is 7.05 Å². The molecule has 2 heterocycles. The van der Waals surface area contributed by atoms with Gasteiger partial charge in [-0.1, -0.05) is 30.3 Å². The van der Waals surface area contributed by atoms with E-state index in [1.54, 1.807) is 36.1 Å². The van der Waals surface area contributed by atoms with Gasteiger partial charge in [-0.3, -0.25) is 9.48 Å². The lowest BCUT2D eigenvalue weighted by atomic mass is 10.1. The summed E-state index contributed by atoms with van der Waals surface area (Å²) >= 11 is 0. The lowest BCUT2D eigenvalue weighted by molar-refractivity contribution is 0.102. The van der Waals surface area contributed by atoms with Crippen LogP contribution in [0.1, 0.15) is 21.5 Å². The monoisotopic (exact) mass is 379 g/mol. The van der Waals surface area contributed by atoms with E-state index in [0.717, 1.165) is 11.1 Å². The molecule has 2 aromatic carbocycles. The molecule has 0 bridgehead atoms. The van der Waals surface area contributed by atoms with Crippen LogP contribution in [0.3, 0.4) is 0 Å². The van der Waals surface area contributed by atoms with Gasteiger partial charge in [0.1, 0.15) is 24.2 Å². The number of aliphatic hydroxyl groups excluding tert-OH is 1. The van der Waals surface area contributed by atoms with E-state index in [1.165, 1.54) is 0 Å². The number of nitrogens with one attached hydrogen (secondary N) is 1. The van der Waals surface area contributed by atoms with E-state index in [-0.39, 0.29) is 18.6 Å². The Labute approximate surface area is 162 Å². The predicted octanol–water partition coefficient (Wildman–Crippen LogP) is 2.55. The van der Waals surface area contributed by atoms with Crippen LogP contribution in [-0.2, 0) is 20.1 Å². The number of anilines is 1. The Bertz CT molecular complexity index is 985. The van der Waals surface area contributed by atoms with Crippen LogP contribution in [0.25, 0.3) is 0 Å². The molecule has 1 amide bonds. The second kappa shape index (κ2) is 7.74. The first-order chi connectivity index (χ1) is 13.6. The molecular formula is C21H21N3O4. The summed E-state index contributed by atoms with van der Waals surface area (Å²) in [6.45, 7) is 0.282. The van der Waals surface area contributed by atoms with E-state index in [1.807, 2.05) is 30.3 Å². The van der Waals surface area contributed by atoms with Crippen molar-refractivity contribution in [2.45, 2.75) is 19.1 Å². The molecule has 0 aliphatic carbocycles. The second-order valence-corrected chi connectivity index (χ2v) is 6.68. The second-order valence-electron chi connectivity index (χ2n) is 6.68. The van der Waals surface area contributed by atoms with E-state index < -0.39 is 0 Å². The highest BCUT2D eigenvalue weighted by atomic mass is 16.5. The summed E-state index contributed by atoms with van der Waals surface area (Å²) in [6, 6.07) is 14.9. The van der Waals surface area contributed by atoms with Crippen molar-refractivity contribution in [1.29, 1.82) is 0 Å². The van der Waals surface area contributed by atoms with Crippen molar-refractivity contribution in [3.8, 4) is 11.5 Å². The minimum absolute atomic E-state index is 0.0950. The van der Waals surface area contributed by atoms with Gasteiger partial charge in [-0.25, -0.2) is 0 Å². The fourth-order valence-electron chi connectivity index (χ4n) is 3.14. The molecule has 144 valence electrons.